The van der Waals surface area contributed by atoms with Gasteiger partial charge in [0.1, 0.15) is 6.04 Å². The summed E-state index contributed by atoms with van der Waals surface area (Å²) >= 11 is 6.15. The van der Waals surface area contributed by atoms with Crippen LogP contribution in [0.3, 0.4) is 0 Å². The molecule has 0 saturated heterocycles. The summed E-state index contributed by atoms with van der Waals surface area (Å²) in [4.78, 5) is 22.9. The monoisotopic (exact) mass is 329 g/mol. The fraction of sp³-hybridized carbons (Fsp3) is 0.467. The third-order valence-electron chi connectivity index (χ3n) is 2.74. The first-order valence-corrected chi connectivity index (χ1v) is 7.41. The van der Waals surface area contributed by atoms with Gasteiger partial charge in [0.15, 0.2) is 11.5 Å². The van der Waals surface area contributed by atoms with Gasteiger partial charge in [0, 0.05) is 5.56 Å². The molecule has 1 atom stereocenters. The second-order valence-corrected chi connectivity index (χ2v) is 5.01. The Morgan fingerprint density at radius 2 is 2.00 bits per heavy atom. The van der Waals surface area contributed by atoms with Gasteiger partial charge in [0.05, 0.1) is 18.2 Å². The van der Waals surface area contributed by atoms with Gasteiger partial charge >= 0.3 is 5.97 Å². The van der Waals surface area contributed by atoms with Gasteiger partial charge in [0.25, 0.3) is 5.91 Å². The second-order valence-electron chi connectivity index (χ2n) is 4.60. The maximum absolute atomic E-state index is 12.1. The standard InChI is InChI=1S/C15H20ClNO5/c1-4-6-22-13-11(16)7-10(8-12(13)21-5-2)14(18)17-9(3)15(19)20/h7-9H,4-6H2,1-3H3,(H,17,18)(H,19,20). The van der Waals surface area contributed by atoms with E-state index in [1.54, 1.807) is 6.92 Å². The molecule has 1 rings (SSSR count). The summed E-state index contributed by atoms with van der Waals surface area (Å²) in [7, 11) is 0. The topological polar surface area (TPSA) is 84.9 Å². The number of halogens is 1. The summed E-state index contributed by atoms with van der Waals surface area (Å²) < 4.78 is 11.0. The van der Waals surface area contributed by atoms with Crippen LogP contribution < -0.4 is 14.8 Å². The van der Waals surface area contributed by atoms with Crippen LogP contribution in [-0.4, -0.2) is 36.2 Å². The number of carbonyl (C=O) groups is 2. The average molecular weight is 330 g/mol. The molecule has 6 nitrogen and oxygen atoms in total. The second kappa shape index (κ2) is 8.48. The normalized spacial score (nSPS) is 11.6. The zero-order valence-corrected chi connectivity index (χ0v) is 13.6. The Morgan fingerprint density at radius 1 is 1.32 bits per heavy atom. The molecule has 0 aliphatic rings. The van der Waals surface area contributed by atoms with E-state index in [9.17, 15) is 9.59 Å². The minimum atomic E-state index is -1.12. The number of amides is 1. The molecule has 0 bridgehead atoms. The van der Waals surface area contributed by atoms with E-state index in [0.29, 0.717) is 24.7 Å². The van der Waals surface area contributed by atoms with E-state index in [1.807, 2.05) is 6.92 Å². The molecular weight excluding hydrogens is 310 g/mol. The lowest BCUT2D eigenvalue weighted by Gasteiger charge is -2.15. The third kappa shape index (κ3) is 4.80. The van der Waals surface area contributed by atoms with E-state index in [1.165, 1.54) is 19.1 Å². The molecule has 0 aliphatic carbocycles. The number of carboxylic acid groups (broad SMARTS) is 1. The lowest BCUT2D eigenvalue weighted by atomic mass is 10.1. The van der Waals surface area contributed by atoms with Crippen molar-refractivity contribution in [1.82, 2.24) is 5.32 Å². The number of nitrogens with one attached hydrogen (secondary N) is 1. The van der Waals surface area contributed by atoms with Crippen molar-refractivity contribution in [3.05, 3.63) is 22.7 Å². The summed E-state index contributed by atoms with van der Waals surface area (Å²) in [6.07, 6.45) is 0.806. The van der Waals surface area contributed by atoms with Crippen molar-refractivity contribution in [2.75, 3.05) is 13.2 Å². The van der Waals surface area contributed by atoms with E-state index >= 15 is 0 Å². The first-order chi connectivity index (χ1) is 10.4. The summed E-state index contributed by atoms with van der Waals surface area (Å²) in [6.45, 7) is 6.00. The highest BCUT2D eigenvalue weighted by atomic mass is 35.5. The number of aliphatic carboxylic acids is 1. The van der Waals surface area contributed by atoms with Crippen LogP contribution in [0.5, 0.6) is 11.5 Å². The molecule has 0 heterocycles. The molecule has 0 aliphatic heterocycles. The van der Waals surface area contributed by atoms with Crippen LogP contribution >= 0.6 is 11.6 Å². The molecule has 0 fully saturated rings. The predicted octanol–water partition coefficient (Wildman–Crippen LogP) is 2.73. The molecule has 1 unspecified atom stereocenters. The minimum Gasteiger partial charge on any atom is -0.490 e. The summed E-state index contributed by atoms with van der Waals surface area (Å²) in [5.74, 6) is -0.919. The Kier molecular flexibility index (Phi) is 6.98. The lowest BCUT2D eigenvalue weighted by Crippen LogP contribution is -2.38. The fourth-order valence-electron chi connectivity index (χ4n) is 1.65. The molecule has 0 radical (unpaired) electrons. The summed E-state index contributed by atoms with van der Waals surface area (Å²) in [5, 5.41) is 11.4. The SMILES string of the molecule is CCCOc1c(Cl)cc(C(=O)NC(C)C(=O)O)cc1OCC. The highest BCUT2D eigenvalue weighted by Gasteiger charge is 2.19. The van der Waals surface area contributed by atoms with Gasteiger partial charge < -0.3 is 19.9 Å². The van der Waals surface area contributed by atoms with Crippen molar-refractivity contribution in [2.24, 2.45) is 0 Å². The molecule has 0 aromatic heterocycles. The van der Waals surface area contributed by atoms with Crippen molar-refractivity contribution < 1.29 is 24.2 Å². The average Bonchev–Trinajstić information content (AvgIpc) is 2.46. The number of rotatable bonds is 8. The molecule has 1 aromatic rings. The van der Waals surface area contributed by atoms with Gasteiger partial charge in [-0.05, 0) is 32.4 Å². The summed E-state index contributed by atoms with van der Waals surface area (Å²) in [6, 6.07) is 1.92. The van der Waals surface area contributed by atoms with Crippen LogP contribution in [-0.2, 0) is 4.79 Å². The smallest absolute Gasteiger partial charge is 0.325 e. The Balaban J connectivity index is 3.06. The number of ether oxygens (including phenoxy) is 2. The highest BCUT2D eigenvalue weighted by molar-refractivity contribution is 6.32. The number of hydrogen-bond acceptors (Lipinski definition) is 4. The van der Waals surface area contributed by atoms with E-state index in [-0.39, 0.29) is 10.6 Å². The molecule has 22 heavy (non-hydrogen) atoms. The van der Waals surface area contributed by atoms with Crippen molar-refractivity contribution in [3.63, 3.8) is 0 Å². The van der Waals surface area contributed by atoms with Crippen molar-refractivity contribution in [3.8, 4) is 11.5 Å². The molecule has 122 valence electrons. The van der Waals surface area contributed by atoms with Gasteiger partial charge in [-0.15, -0.1) is 0 Å². The number of carboxylic acids is 1. The molecule has 0 spiro atoms. The van der Waals surface area contributed by atoms with Crippen LogP contribution in [0.25, 0.3) is 0 Å². The first kappa shape index (κ1) is 18.1. The minimum absolute atomic E-state index is 0.213. The largest absolute Gasteiger partial charge is 0.490 e. The predicted molar refractivity (Wildman–Crippen MR) is 83.0 cm³/mol. The van der Waals surface area contributed by atoms with E-state index < -0.39 is 17.9 Å². The van der Waals surface area contributed by atoms with E-state index in [0.717, 1.165) is 6.42 Å². The summed E-state index contributed by atoms with van der Waals surface area (Å²) in [5.41, 5.74) is 0.213. The van der Waals surface area contributed by atoms with Crippen LogP contribution in [0.2, 0.25) is 5.02 Å². The molecule has 0 saturated carbocycles. The fourth-order valence-corrected chi connectivity index (χ4v) is 1.91. The Labute approximate surface area is 134 Å². The van der Waals surface area contributed by atoms with Gasteiger partial charge in [-0.2, -0.15) is 0 Å². The van der Waals surface area contributed by atoms with Gasteiger partial charge in [-0.25, -0.2) is 0 Å². The first-order valence-electron chi connectivity index (χ1n) is 7.03. The van der Waals surface area contributed by atoms with Crippen LogP contribution in [0.4, 0.5) is 0 Å². The van der Waals surface area contributed by atoms with Crippen LogP contribution in [0, 0.1) is 0 Å². The number of carbonyl (C=O) groups excluding carboxylic acids is 1. The number of benzene rings is 1. The van der Waals surface area contributed by atoms with E-state index in [4.69, 9.17) is 26.2 Å². The molecular formula is C15H20ClNO5. The Bertz CT molecular complexity index is 547. The molecule has 1 amide bonds. The highest BCUT2D eigenvalue weighted by Crippen LogP contribution is 2.36. The maximum Gasteiger partial charge on any atom is 0.325 e. The lowest BCUT2D eigenvalue weighted by molar-refractivity contribution is -0.138. The van der Waals surface area contributed by atoms with Gasteiger partial charge in [0.2, 0.25) is 0 Å². The Hall–Kier alpha value is -1.95. The zero-order valence-electron chi connectivity index (χ0n) is 12.8. The molecule has 7 heteroatoms. The van der Waals surface area contributed by atoms with Gasteiger partial charge in [-0.3, -0.25) is 9.59 Å². The van der Waals surface area contributed by atoms with Crippen LogP contribution in [0.15, 0.2) is 12.1 Å². The Morgan fingerprint density at radius 3 is 2.55 bits per heavy atom. The number of hydrogen-bond donors (Lipinski definition) is 2. The van der Waals surface area contributed by atoms with Gasteiger partial charge in [-0.1, -0.05) is 18.5 Å². The molecule has 2 N–H and O–H groups in total. The third-order valence-corrected chi connectivity index (χ3v) is 3.02. The van der Waals surface area contributed by atoms with Crippen molar-refractivity contribution in [2.45, 2.75) is 33.2 Å². The zero-order chi connectivity index (χ0) is 16.7. The molecule has 1 aromatic carbocycles. The van der Waals surface area contributed by atoms with E-state index in [2.05, 4.69) is 5.32 Å². The quantitative estimate of drug-likeness (QED) is 0.766. The van der Waals surface area contributed by atoms with Crippen LogP contribution in [0.1, 0.15) is 37.6 Å². The van der Waals surface area contributed by atoms with Crippen molar-refractivity contribution in [1.29, 1.82) is 0 Å². The van der Waals surface area contributed by atoms with Crippen molar-refractivity contribution >= 4 is 23.5 Å². The maximum atomic E-state index is 12.1.